The molecule has 0 aliphatic heterocycles. The van der Waals surface area contributed by atoms with Gasteiger partial charge >= 0.3 is 0 Å². The number of fused-ring (bicyclic) bond motifs is 1. The van der Waals surface area contributed by atoms with Crippen LogP contribution in [0, 0.1) is 6.92 Å². The third-order valence-corrected chi connectivity index (χ3v) is 2.92. The van der Waals surface area contributed by atoms with Gasteiger partial charge in [0.2, 0.25) is 23.0 Å². The van der Waals surface area contributed by atoms with E-state index in [1.807, 2.05) is 0 Å². The van der Waals surface area contributed by atoms with E-state index < -0.39 is 23.0 Å². The summed E-state index contributed by atoms with van der Waals surface area (Å²) < 4.78 is 0. The summed E-state index contributed by atoms with van der Waals surface area (Å²) in [6.07, 6.45) is 0.564. The maximum Gasteiger partial charge on any atom is 0.248 e. The van der Waals surface area contributed by atoms with Crippen LogP contribution < -0.4 is 10.9 Å². The van der Waals surface area contributed by atoms with Crippen LogP contribution in [-0.2, 0) is 9.59 Å². The molecule has 1 aliphatic rings. The molecule has 0 atom stereocenters. The predicted octanol–water partition coefficient (Wildman–Crippen LogP) is 0.0415. The van der Waals surface area contributed by atoms with E-state index in [1.54, 1.807) is 0 Å². The van der Waals surface area contributed by atoms with Crippen molar-refractivity contribution in [2.75, 3.05) is 0 Å². The second-order valence-electron chi connectivity index (χ2n) is 4.74. The van der Waals surface area contributed by atoms with Crippen molar-refractivity contribution in [3.63, 3.8) is 0 Å². The molecule has 1 heterocycles. The molecule has 0 spiro atoms. The highest BCUT2D eigenvalue weighted by atomic mass is 16.2. The molecule has 0 bridgehead atoms. The van der Waals surface area contributed by atoms with Crippen molar-refractivity contribution in [2.45, 2.75) is 20.3 Å². The molecule has 0 saturated heterocycles. The molecule has 1 amide bonds. The van der Waals surface area contributed by atoms with Crippen LogP contribution in [0.3, 0.4) is 0 Å². The largest absolute Gasteiger partial charge is 0.322 e. The van der Waals surface area contributed by atoms with Crippen LogP contribution in [0.25, 0.3) is 0 Å². The fourth-order valence-electron chi connectivity index (χ4n) is 2.08. The molecule has 1 aliphatic carbocycles. The van der Waals surface area contributed by atoms with Gasteiger partial charge in [-0.3, -0.25) is 24.0 Å². The lowest BCUT2D eigenvalue weighted by molar-refractivity contribution is -0.126. The Hall–Kier alpha value is -2.83. The number of aryl methyl sites for hydroxylation is 1. The summed E-state index contributed by atoms with van der Waals surface area (Å²) in [7, 11) is 0. The SMILES string of the molecule is CC(=O)CC(=O)NC1=CC(=O)c2[nH]c(=O)cc(C)c2C1=O. The zero-order valence-corrected chi connectivity index (χ0v) is 11.4. The number of amides is 1. The Labute approximate surface area is 119 Å². The van der Waals surface area contributed by atoms with E-state index >= 15 is 0 Å². The molecule has 0 radical (unpaired) electrons. The maximum atomic E-state index is 12.3. The number of allylic oxidation sites excluding steroid dienone is 2. The topological polar surface area (TPSA) is 113 Å². The molecule has 0 fully saturated rings. The predicted molar refractivity (Wildman–Crippen MR) is 72.0 cm³/mol. The zero-order valence-electron chi connectivity index (χ0n) is 11.4. The van der Waals surface area contributed by atoms with Crippen molar-refractivity contribution >= 4 is 23.3 Å². The Morgan fingerprint density at radius 1 is 1.24 bits per heavy atom. The molecule has 0 saturated carbocycles. The summed E-state index contributed by atoms with van der Waals surface area (Å²) in [5.74, 6) is -2.18. The normalized spacial score (nSPS) is 13.5. The standard InChI is InChI=1S/C14H12N2O5/c1-6-3-10(19)16-13-9(18)5-8(14(21)12(6)13)15-11(20)4-7(2)17/h3,5H,4H2,1-2H3,(H,15,20)(H,16,19). The minimum atomic E-state index is -0.666. The number of carbonyl (C=O) groups excluding carboxylic acids is 4. The summed E-state index contributed by atoms with van der Waals surface area (Å²) in [5, 5.41) is 2.25. The molecule has 108 valence electrons. The highest BCUT2D eigenvalue weighted by molar-refractivity contribution is 6.25. The molecule has 2 rings (SSSR count). The fourth-order valence-corrected chi connectivity index (χ4v) is 2.08. The number of aromatic amines is 1. The van der Waals surface area contributed by atoms with E-state index in [4.69, 9.17) is 0 Å². The minimum Gasteiger partial charge on any atom is -0.322 e. The first-order valence-corrected chi connectivity index (χ1v) is 6.13. The highest BCUT2D eigenvalue weighted by Gasteiger charge is 2.29. The van der Waals surface area contributed by atoms with Gasteiger partial charge in [0, 0.05) is 12.1 Å². The average Bonchev–Trinajstić information content (AvgIpc) is 2.33. The number of pyridine rings is 1. The van der Waals surface area contributed by atoms with E-state index in [0.29, 0.717) is 5.56 Å². The summed E-state index contributed by atoms with van der Waals surface area (Å²) in [4.78, 5) is 60.3. The lowest BCUT2D eigenvalue weighted by Gasteiger charge is -2.16. The fraction of sp³-hybridized carbons (Fsp3) is 0.214. The molecule has 0 aromatic carbocycles. The highest BCUT2D eigenvalue weighted by Crippen LogP contribution is 2.20. The van der Waals surface area contributed by atoms with Crippen LogP contribution in [0.15, 0.2) is 22.6 Å². The number of Topliss-reactive ketones (excluding diaryl/α,β-unsaturated/α-hetero) is 2. The van der Waals surface area contributed by atoms with Gasteiger partial charge in [-0.1, -0.05) is 0 Å². The van der Waals surface area contributed by atoms with Gasteiger partial charge < -0.3 is 10.3 Å². The van der Waals surface area contributed by atoms with E-state index in [-0.39, 0.29) is 29.2 Å². The molecule has 0 unspecified atom stereocenters. The van der Waals surface area contributed by atoms with E-state index in [9.17, 15) is 24.0 Å². The molecule has 7 heteroatoms. The van der Waals surface area contributed by atoms with Crippen LogP contribution in [-0.4, -0.2) is 28.2 Å². The first-order chi connectivity index (χ1) is 9.79. The second-order valence-corrected chi connectivity index (χ2v) is 4.74. The summed E-state index contributed by atoms with van der Waals surface area (Å²) >= 11 is 0. The van der Waals surface area contributed by atoms with Crippen LogP contribution in [0.4, 0.5) is 0 Å². The van der Waals surface area contributed by atoms with Crippen molar-refractivity contribution in [1.29, 1.82) is 0 Å². The van der Waals surface area contributed by atoms with Crippen molar-refractivity contribution < 1.29 is 19.2 Å². The van der Waals surface area contributed by atoms with Crippen molar-refractivity contribution in [3.05, 3.63) is 45.0 Å². The van der Waals surface area contributed by atoms with E-state index in [1.165, 1.54) is 19.9 Å². The Bertz CT molecular complexity index is 770. The van der Waals surface area contributed by atoms with Gasteiger partial charge in [-0.25, -0.2) is 0 Å². The van der Waals surface area contributed by atoms with E-state index in [0.717, 1.165) is 6.08 Å². The number of rotatable bonds is 3. The second kappa shape index (κ2) is 5.28. The van der Waals surface area contributed by atoms with Gasteiger partial charge in [0.05, 0.1) is 17.7 Å². The molecular formula is C14H12N2O5. The molecule has 1 aromatic rings. The first-order valence-electron chi connectivity index (χ1n) is 6.13. The quantitative estimate of drug-likeness (QED) is 0.762. The average molecular weight is 288 g/mol. The Morgan fingerprint density at radius 2 is 1.90 bits per heavy atom. The Balaban J connectivity index is 2.39. The molecular weight excluding hydrogens is 276 g/mol. The van der Waals surface area contributed by atoms with Crippen LogP contribution >= 0.6 is 0 Å². The smallest absolute Gasteiger partial charge is 0.248 e. The molecule has 7 nitrogen and oxygen atoms in total. The number of H-pyrrole nitrogens is 1. The van der Waals surface area contributed by atoms with Crippen LogP contribution in [0.2, 0.25) is 0 Å². The molecule has 1 aromatic heterocycles. The lowest BCUT2D eigenvalue weighted by atomic mass is 9.93. The van der Waals surface area contributed by atoms with Crippen LogP contribution in [0.5, 0.6) is 0 Å². The van der Waals surface area contributed by atoms with Gasteiger partial charge in [0.1, 0.15) is 11.5 Å². The van der Waals surface area contributed by atoms with Gasteiger partial charge in [-0.2, -0.15) is 0 Å². The number of nitrogens with one attached hydrogen (secondary N) is 2. The number of hydrogen-bond donors (Lipinski definition) is 2. The van der Waals surface area contributed by atoms with Gasteiger partial charge in [0.15, 0.2) is 0 Å². The third-order valence-electron chi connectivity index (χ3n) is 2.92. The van der Waals surface area contributed by atoms with Crippen molar-refractivity contribution in [3.8, 4) is 0 Å². The third kappa shape index (κ3) is 2.86. The van der Waals surface area contributed by atoms with Gasteiger partial charge in [-0.15, -0.1) is 0 Å². The van der Waals surface area contributed by atoms with Gasteiger partial charge in [0.25, 0.3) is 0 Å². The summed E-state index contributed by atoms with van der Waals surface area (Å²) in [5.41, 5.74) is -0.368. The molecule has 21 heavy (non-hydrogen) atoms. The summed E-state index contributed by atoms with van der Waals surface area (Å²) in [6.45, 7) is 2.77. The maximum absolute atomic E-state index is 12.3. The molecule has 2 N–H and O–H groups in total. The van der Waals surface area contributed by atoms with Gasteiger partial charge in [-0.05, 0) is 19.4 Å². The van der Waals surface area contributed by atoms with Crippen molar-refractivity contribution in [2.24, 2.45) is 0 Å². The first kappa shape index (κ1) is 14.6. The number of hydrogen-bond acceptors (Lipinski definition) is 5. The minimum absolute atomic E-state index is 0.0558. The summed E-state index contributed by atoms with van der Waals surface area (Å²) in [6, 6.07) is 1.20. The number of carbonyl (C=O) groups is 4. The number of ketones is 3. The monoisotopic (exact) mass is 288 g/mol. The Kier molecular flexibility index (Phi) is 3.66. The van der Waals surface area contributed by atoms with Crippen LogP contribution in [0.1, 0.15) is 39.8 Å². The van der Waals surface area contributed by atoms with E-state index in [2.05, 4.69) is 10.3 Å². The number of aromatic nitrogens is 1. The van der Waals surface area contributed by atoms with Crippen molar-refractivity contribution in [1.82, 2.24) is 10.3 Å². The zero-order chi connectivity index (χ0) is 15.7. The lowest BCUT2D eigenvalue weighted by Crippen LogP contribution is -2.34. The Morgan fingerprint density at radius 3 is 2.52 bits per heavy atom.